The zero-order valence-electron chi connectivity index (χ0n) is 16.4. The minimum atomic E-state index is 0.447. The number of piperidine rings is 1. The average Bonchev–Trinajstić information content (AvgIpc) is 2.73. The van der Waals surface area contributed by atoms with E-state index in [0.717, 1.165) is 38.4 Å². The number of aliphatic imine (C=N–C) groups is 1. The number of ether oxygens (including phenoxy) is 1. The molecule has 0 aromatic heterocycles. The summed E-state index contributed by atoms with van der Waals surface area (Å²) in [6, 6.07) is 18.6. The Hall–Kier alpha value is -2.24. The maximum atomic E-state index is 6.10. The standard InChI is InChI=1S/C22H29ClN4O/c1-24-22(25-13-16-28-21-10-6-5-9-20(21)23)26-19-11-14-27(15-12-19)17-18-7-3-2-4-8-18/h2-10,19H,11-17H2,1H3,(H2,24,25,26). The van der Waals surface area contributed by atoms with Crippen molar-refractivity contribution in [1.29, 1.82) is 0 Å². The van der Waals surface area contributed by atoms with Gasteiger partial charge in [-0.2, -0.15) is 0 Å². The van der Waals surface area contributed by atoms with E-state index in [1.165, 1.54) is 5.56 Å². The van der Waals surface area contributed by atoms with Crippen LogP contribution in [0.2, 0.25) is 5.02 Å². The van der Waals surface area contributed by atoms with Crippen LogP contribution in [-0.4, -0.2) is 50.2 Å². The monoisotopic (exact) mass is 400 g/mol. The zero-order chi connectivity index (χ0) is 19.6. The Labute approximate surface area is 172 Å². The van der Waals surface area contributed by atoms with Crippen LogP contribution in [0.3, 0.4) is 0 Å². The van der Waals surface area contributed by atoms with E-state index < -0.39 is 0 Å². The molecule has 28 heavy (non-hydrogen) atoms. The number of likely N-dealkylation sites (tertiary alicyclic amines) is 1. The van der Waals surface area contributed by atoms with E-state index in [2.05, 4.69) is 50.9 Å². The predicted octanol–water partition coefficient (Wildman–Crippen LogP) is 3.55. The van der Waals surface area contributed by atoms with Crippen LogP contribution in [0.25, 0.3) is 0 Å². The summed E-state index contributed by atoms with van der Waals surface area (Å²) in [5.41, 5.74) is 1.38. The van der Waals surface area contributed by atoms with Gasteiger partial charge in [0.2, 0.25) is 0 Å². The molecule has 5 nitrogen and oxygen atoms in total. The first-order valence-electron chi connectivity index (χ1n) is 9.85. The van der Waals surface area contributed by atoms with Gasteiger partial charge in [-0.15, -0.1) is 0 Å². The zero-order valence-corrected chi connectivity index (χ0v) is 17.2. The second-order valence-electron chi connectivity index (χ2n) is 6.96. The van der Waals surface area contributed by atoms with Crippen LogP contribution < -0.4 is 15.4 Å². The molecule has 0 spiro atoms. The molecule has 150 valence electrons. The third kappa shape index (κ3) is 6.43. The Kier molecular flexibility index (Phi) is 8.00. The number of guanidine groups is 1. The van der Waals surface area contributed by atoms with E-state index in [1.54, 1.807) is 7.05 Å². The van der Waals surface area contributed by atoms with Crippen LogP contribution >= 0.6 is 11.6 Å². The van der Waals surface area contributed by atoms with Crippen molar-refractivity contribution in [2.75, 3.05) is 33.3 Å². The number of halogens is 1. The van der Waals surface area contributed by atoms with Crippen LogP contribution in [0.4, 0.5) is 0 Å². The van der Waals surface area contributed by atoms with Gasteiger partial charge in [-0.05, 0) is 30.5 Å². The van der Waals surface area contributed by atoms with E-state index in [1.807, 2.05) is 24.3 Å². The van der Waals surface area contributed by atoms with Crippen LogP contribution in [0.5, 0.6) is 5.75 Å². The average molecular weight is 401 g/mol. The van der Waals surface area contributed by atoms with Crippen LogP contribution in [0.1, 0.15) is 18.4 Å². The fourth-order valence-corrected chi connectivity index (χ4v) is 3.55. The SMILES string of the molecule is CN=C(NCCOc1ccccc1Cl)NC1CCN(Cc2ccccc2)CC1. The lowest BCUT2D eigenvalue weighted by Gasteiger charge is -2.33. The normalized spacial score (nSPS) is 16.0. The highest BCUT2D eigenvalue weighted by atomic mass is 35.5. The third-order valence-electron chi connectivity index (χ3n) is 4.89. The van der Waals surface area contributed by atoms with Crippen molar-refractivity contribution in [3.05, 3.63) is 65.2 Å². The fraction of sp³-hybridized carbons (Fsp3) is 0.409. The summed E-state index contributed by atoms with van der Waals surface area (Å²) in [5, 5.41) is 7.48. The second kappa shape index (κ2) is 10.9. The number of hydrogen-bond acceptors (Lipinski definition) is 3. The number of rotatable bonds is 7. The molecule has 1 aliphatic heterocycles. The highest BCUT2D eigenvalue weighted by Gasteiger charge is 2.19. The minimum Gasteiger partial charge on any atom is -0.490 e. The van der Waals surface area contributed by atoms with Gasteiger partial charge in [0, 0.05) is 32.7 Å². The second-order valence-corrected chi connectivity index (χ2v) is 7.37. The number of nitrogens with one attached hydrogen (secondary N) is 2. The van der Waals surface area contributed by atoms with Gasteiger partial charge in [-0.25, -0.2) is 0 Å². The summed E-state index contributed by atoms with van der Waals surface area (Å²) in [6.45, 7) is 4.41. The maximum absolute atomic E-state index is 6.10. The molecule has 6 heteroatoms. The topological polar surface area (TPSA) is 48.9 Å². The Balaban J connectivity index is 1.34. The van der Waals surface area contributed by atoms with Gasteiger partial charge in [-0.3, -0.25) is 9.89 Å². The van der Waals surface area contributed by atoms with Crippen molar-refractivity contribution in [3.8, 4) is 5.75 Å². The van der Waals surface area contributed by atoms with Gasteiger partial charge >= 0.3 is 0 Å². The molecule has 0 aliphatic carbocycles. The molecule has 0 bridgehead atoms. The molecule has 3 rings (SSSR count). The lowest BCUT2D eigenvalue weighted by molar-refractivity contribution is 0.198. The highest BCUT2D eigenvalue weighted by molar-refractivity contribution is 6.32. The summed E-state index contributed by atoms with van der Waals surface area (Å²) in [5.74, 6) is 1.53. The molecule has 1 fully saturated rings. The molecule has 0 radical (unpaired) electrons. The summed E-state index contributed by atoms with van der Waals surface area (Å²) in [4.78, 5) is 6.85. The lowest BCUT2D eigenvalue weighted by atomic mass is 10.0. The lowest BCUT2D eigenvalue weighted by Crippen LogP contribution is -2.49. The maximum Gasteiger partial charge on any atom is 0.191 e. The van der Waals surface area contributed by atoms with Crippen LogP contribution in [0.15, 0.2) is 59.6 Å². The first-order valence-corrected chi connectivity index (χ1v) is 10.2. The molecule has 1 saturated heterocycles. The number of hydrogen-bond donors (Lipinski definition) is 2. The highest BCUT2D eigenvalue weighted by Crippen LogP contribution is 2.22. The van der Waals surface area contributed by atoms with Gasteiger partial charge in [0.1, 0.15) is 12.4 Å². The summed E-state index contributed by atoms with van der Waals surface area (Å²) in [7, 11) is 1.80. The van der Waals surface area contributed by atoms with Crippen molar-refractivity contribution in [1.82, 2.24) is 15.5 Å². The van der Waals surface area contributed by atoms with Gasteiger partial charge < -0.3 is 15.4 Å². The Bertz CT molecular complexity index is 745. The number of nitrogens with zero attached hydrogens (tertiary/aromatic N) is 2. The van der Waals surface area contributed by atoms with Crippen LogP contribution in [-0.2, 0) is 6.54 Å². The Morgan fingerprint density at radius 2 is 1.82 bits per heavy atom. The van der Waals surface area contributed by atoms with Crippen molar-refractivity contribution < 1.29 is 4.74 Å². The molecule has 0 amide bonds. The van der Waals surface area contributed by atoms with E-state index >= 15 is 0 Å². The van der Waals surface area contributed by atoms with Gasteiger partial charge in [-0.1, -0.05) is 54.1 Å². The van der Waals surface area contributed by atoms with E-state index in [0.29, 0.717) is 30.0 Å². The van der Waals surface area contributed by atoms with Crippen molar-refractivity contribution in [2.24, 2.45) is 4.99 Å². The fourth-order valence-electron chi connectivity index (χ4n) is 3.36. The summed E-state index contributed by atoms with van der Waals surface area (Å²) < 4.78 is 5.71. The number of benzene rings is 2. The molecule has 0 atom stereocenters. The Morgan fingerprint density at radius 3 is 2.54 bits per heavy atom. The van der Waals surface area contributed by atoms with Gasteiger partial charge in [0.25, 0.3) is 0 Å². The van der Waals surface area contributed by atoms with Crippen molar-refractivity contribution in [3.63, 3.8) is 0 Å². The van der Waals surface area contributed by atoms with E-state index in [4.69, 9.17) is 16.3 Å². The van der Waals surface area contributed by atoms with E-state index in [9.17, 15) is 0 Å². The predicted molar refractivity (Wildman–Crippen MR) is 116 cm³/mol. The molecule has 2 aromatic rings. The largest absolute Gasteiger partial charge is 0.490 e. The van der Waals surface area contributed by atoms with Crippen molar-refractivity contribution in [2.45, 2.75) is 25.4 Å². The quantitative estimate of drug-likeness (QED) is 0.424. The third-order valence-corrected chi connectivity index (χ3v) is 5.20. The summed E-state index contributed by atoms with van der Waals surface area (Å²) in [6.07, 6.45) is 2.23. The first kappa shape index (κ1) is 20.5. The molecule has 0 saturated carbocycles. The molecular weight excluding hydrogens is 372 g/mol. The molecule has 1 heterocycles. The first-order chi connectivity index (χ1) is 13.7. The smallest absolute Gasteiger partial charge is 0.191 e. The van der Waals surface area contributed by atoms with E-state index in [-0.39, 0.29) is 0 Å². The molecule has 2 aromatic carbocycles. The van der Waals surface area contributed by atoms with Gasteiger partial charge in [0.05, 0.1) is 11.6 Å². The number of para-hydroxylation sites is 1. The molecule has 2 N–H and O–H groups in total. The van der Waals surface area contributed by atoms with Crippen LogP contribution in [0, 0.1) is 0 Å². The van der Waals surface area contributed by atoms with Gasteiger partial charge in [0.15, 0.2) is 5.96 Å². The molecular formula is C22H29ClN4O. The Morgan fingerprint density at radius 1 is 1.11 bits per heavy atom. The molecule has 1 aliphatic rings. The van der Waals surface area contributed by atoms with Crippen molar-refractivity contribution >= 4 is 17.6 Å². The minimum absolute atomic E-state index is 0.447. The molecule has 0 unspecified atom stereocenters. The summed E-state index contributed by atoms with van der Waals surface area (Å²) >= 11 is 6.10.